The van der Waals surface area contributed by atoms with Crippen LogP contribution in [0.15, 0.2) is 30.3 Å². The molecule has 10 nitrogen and oxygen atoms in total. The van der Waals surface area contributed by atoms with Crippen LogP contribution in [0.1, 0.15) is 45.1 Å². The molecule has 3 N–H and O–H groups in total. The third kappa shape index (κ3) is 8.18. The van der Waals surface area contributed by atoms with E-state index in [9.17, 15) is 9.59 Å². The van der Waals surface area contributed by atoms with Crippen LogP contribution in [0.5, 0.6) is 11.5 Å². The molecule has 3 aliphatic heterocycles. The number of carbonyl (C=O) groups excluding carboxylic acids is 2. The predicted molar refractivity (Wildman–Crippen MR) is 158 cm³/mol. The molecule has 2 saturated heterocycles. The van der Waals surface area contributed by atoms with Crippen molar-refractivity contribution in [1.82, 2.24) is 16.0 Å². The first-order valence-electron chi connectivity index (χ1n) is 14.5. The molecule has 2 fully saturated rings. The van der Waals surface area contributed by atoms with Crippen molar-refractivity contribution in [1.29, 1.82) is 0 Å². The molecule has 3 atom stereocenters. The molecule has 0 unspecified atom stereocenters. The number of hydrogen-bond acceptors (Lipinski definition) is 8. The summed E-state index contributed by atoms with van der Waals surface area (Å²) >= 11 is 1.91. The van der Waals surface area contributed by atoms with Crippen LogP contribution in [0.4, 0.5) is 4.79 Å². The van der Waals surface area contributed by atoms with Gasteiger partial charge in [0, 0.05) is 48.8 Å². The van der Waals surface area contributed by atoms with Crippen LogP contribution < -0.4 is 25.4 Å². The Balaban J connectivity index is 0.873. The minimum absolute atomic E-state index is 0.0487. The zero-order valence-corrected chi connectivity index (χ0v) is 24.7. The highest BCUT2D eigenvalue weighted by Gasteiger charge is 2.42. The lowest BCUT2D eigenvalue weighted by Gasteiger charge is -2.33. The van der Waals surface area contributed by atoms with Gasteiger partial charge in [-0.2, -0.15) is 11.8 Å². The van der Waals surface area contributed by atoms with Crippen LogP contribution >= 0.6 is 11.8 Å². The van der Waals surface area contributed by atoms with Gasteiger partial charge in [-0.25, -0.2) is 4.79 Å². The standard InChI is InChI=1S/C30H41N3O7S/c1-30(2)39-18-21-8-7-20-9-10-22(17-23(20)28(21)40-30)38-16-15-37-14-13-36-12-11-31-26(34)6-4-3-5-25-27-24(19-41-25)32-29(35)33-27/h7-10,17,24-25,27H,3-6,11-16,18-19H2,1-2H3,(H,31,34)(H2,32,33,35)/t24-,25-,27-/m0/s1. The van der Waals surface area contributed by atoms with Gasteiger partial charge in [-0.05, 0) is 30.4 Å². The minimum Gasteiger partial charge on any atom is -0.491 e. The first-order chi connectivity index (χ1) is 19.9. The van der Waals surface area contributed by atoms with E-state index in [0.717, 1.165) is 52.9 Å². The van der Waals surface area contributed by atoms with Crippen molar-refractivity contribution < 1.29 is 33.3 Å². The molecule has 0 aliphatic carbocycles. The first kappa shape index (κ1) is 29.8. The molecule has 0 saturated carbocycles. The Bertz CT molecular complexity index is 1210. The summed E-state index contributed by atoms with van der Waals surface area (Å²) in [5.41, 5.74) is 1.03. The van der Waals surface area contributed by atoms with Gasteiger partial charge < -0.3 is 39.6 Å². The number of ether oxygens (including phenoxy) is 5. The zero-order chi connectivity index (χ0) is 28.7. The summed E-state index contributed by atoms with van der Waals surface area (Å²) in [6.07, 6.45) is 3.36. The molecule has 41 heavy (non-hydrogen) atoms. The van der Waals surface area contributed by atoms with Crippen LogP contribution in [0.3, 0.4) is 0 Å². The summed E-state index contributed by atoms with van der Waals surface area (Å²) in [4.78, 5) is 23.5. The van der Waals surface area contributed by atoms with Crippen molar-refractivity contribution in [3.05, 3.63) is 35.9 Å². The van der Waals surface area contributed by atoms with Crippen LogP contribution in [0.25, 0.3) is 10.8 Å². The van der Waals surface area contributed by atoms with Crippen LogP contribution in [-0.4, -0.2) is 80.4 Å². The summed E-state index contributed by atoms with van der Waals surface area (Å²) in [6.45, 7) is 7.08. The third-order valence-corrected chi connectivity index (χ3v) is 8.97. The fourth-order valence-electron chi connectivity index (χ4n) is 5.33. The number of thioether (sulfide) groups is 1. The second-order valence-electron chi connectivity index (χ2n) is 11.0. The van der Waals surface area contributed by atoms with E-state index in [0.29, 0.717) is 57.9 Å². The predicted octanol–water partition coefficient (Wildman–Crippen LogP) is 3.74. The van der Waals surface area contributed by atoms with E-state index in [2.05, 4.69) is 22.0 Å². The molecular formula is C30H41N3O7S. The summed E-state index contributed by atoms with van der Waals surface area (Å²) in [5.74, 6) is 1.97. The maximum atomic E-state index is 12.1. The molecular weight excluding hydrogens is 546 g/mol. The highest BCUT2D eigenvalue weighted by Crippen LogP contribution is 2.39. The van der Waals surface area contributed by atoms with Gasteiger partial charge in [0.1, 0.15) is 18.1 Å². The lowest BCUT2D eigenvalue weighted by Crippen LogP contribution is -2.36. The van der Waals surface area contributed by atoms with Gasteiger partial charge in [0.2, 0.25) is 11.7 Å². The van der Waals surface area contributed by atoms with Crippen molar-refractivity contribution in [2.75, 3.05) is 45.3 Å². The first-order valence-corrected chi connectivity index (χ1v) is 15.5. The van der Waals surface area contributed by atoms with Gasteiger partial charge in [-0.3, -0.25) is 4.79 Å². The summed E-state index contributed by atoms with van der Waals surface area (Å²) < 4.78 is 28.9. The van der Waals surface area contributed by atoms with E-state index >= 15 is 0 Å². The van der Waals surface area contributed by atoms with Crippen LogP contribution in [-0.2, 0) is 25.6 Å². The maximum Gasteiger partial charge on any atom is 0.315 e. The molecule has 11 heteroatoms. The Morgan fingerprint density at radius 2 is 1.88 bits per heavy atom. The highest BCUT2D eigenvalue weighted by atomic mass is 32.2. The number of fused-ring (bicyclic) bond motifs is 4. The molecule has 0 aromatic heterocycles. The molecule has 3 heterocycles. The van der Waals surface area contributed by atoms with E-state index in [4.69, 9.17) is 23.7 Å². The smallest absolute Gasteiger partial charge is 0.315 e. The van der Waals surface area contributed by atoms with E-state index in [-0.39, 0.29) is 24.0 Å². The lowest BCUT2D eigenvalue weighted by molar-refractivity contribution is -0.179. The van der Waals surface area contributed by atoms with E-state index < -0.39 is 5.79 Å². The Kier molecular flexibility index (Phi) is 10.1. The van der Waals surface area contributed by atoms with Crippen molar-refractivity contribution in [3.63, 3.8) is 0 Å². The van der Waals surface area contributed by atoms with E-state index in [1.165, 1.54) is 0 Å². The molecule has 5 rings (SSSR count). The summed E-state index contributed by atoms with van der Waals surface area (Å²) in [7, 11) is 0. The molecule has 3 amide bonds. The molecule has 2 aromatic carbocycles. The zero-order valence-electron chi connectivity index (χ0n) is 23.9. The number of amides is 3. The molecule has 0 radical (unpaired) electrons. The Hall–Kier alpha value is -2.73. The van der Waals surface area contributed by atoms with Crippen molar-refractivity contribution in [3.8, 4) is 11.5 Å². The second kappa shape index (κ2) is 14.0. The van der Waals surface area contributed by atoms with Gasteiger partial charge in [0.05, 0.1) is 45.1 Å². The number of rotatable bonds is 15. The van der Waals surface area contributed by atoms with Gasteiger partial charge >= 0.3 is 6.03 Å². The average molecular weight is 588 g/mol. The quantitative estimate of drug-likeness (QED) is 0.213. The Labute approximate surface area is 245 Å². The number of urea groups is 1. The van der Waals surface area contributed by atoms with Crippen molar-refractivity contribution >= 4 is 34.5 Å². The monoisotopic (exact) mass is 587 g/mol. The topological polar surface area (TPSA) is 116 Å². The average Bonchev–Trinajstić information content (AvgIpc) is 3.50. The fraction of sp³-hybridized carbons (Fsp3) is 0.600. The largest absolute Gasteiger partial charge is 0.491 e. The lowest BCUT2D eigenvalue weighted by atomic mass is 10.0. The molecule has 0 bridgehead atoms. The number of benzene rings is 2. The summed E-state index contributed by atoms with van der Waals surface area (Å²) in [5, 5.41) is 11.4. The van der Waals surface area contributed by atoms with E-state index in [1.54, 1.807) is 0 Å². The van der Waals surface area contributed by atoms with Gasteiger partial charge in [-0.15, -0.1) is 0 Å². The SMILES string of the molecule is CC1(C)OCc2ccc3ccc(OCCOCCOCCNC(=O)CCCC[C@@H]4SC[C@@H]5NC(=O)N[C@@H]54)cc3c2O1. The van der Waals surface area contributed by atoms with Gasteiger partial charge in [-0.1, -0.05) is 24.6 Å². The normalized spacial score (nSPS) is 22.4. The number of unbranched alkanes of at least 4 members (excludes halogenated alkanes) is 1. The fourth-order valence-corrected chi connectivity index (χ4v) is 6.88. The van der Waals surface area contributed by atoms with E-state index in [1.807, 2.05) is 49.9 Å². The summed E-state index contributed by atoms with van der Waals surface area (Å²) in [6, 6.07) is 10.5. The molecule has 2 aromatic rings. The molecule has 3 aliphatic rings. The Morgan fingerprint density at radius 3 is 2.76 bits per heavy atom. The van der Waals surface area contributed by atoms with Gasteiger partial charge in [0.15, 0.2) is 0 Å². The maximum absolute atomic E-state index is 12.1. The minimum atomic E-state index is -0.658. The number of carbonyl (C=O) groups is 2. The second-order valence-corrected chi connectivity index (χ2v) is 12.3. The third-order valence-electron chi connectivity index (χ3n) is 7.47. The van der Waals surface area contributed by atoms with Gasteiger partial charge in [0.25, 0.3) is 0 Å². The highest BCUT2D eigenvalue weighted by molar-refractivity contribution is 8.00. The number of nitrogens with one attached hydrogen (secondary N) is 3. The molecule has 224 valence electrons. The van der Waals surface area contributed by atoms with Crippen LogP contribution in [0, 0.1) is 0 Å². The molecule has 0 spiro atoms. The van der Waals surface area contributed by atoms with Crippen LogP contribution in [0.2, 0.25) is 0 Å². The van der Waals surface area contributed by atoms with Crippen molar-refractivity contribution in [2.24, 2.45) is 0 Å². The Morgan fingerprint density at radius 1 is 1.07 bits per heavy atom. The number of hydrogen-bond donors (Lipinski definition) is 3. The van der Waals surface area contributed by atoms with Crippen molar-refractivity contribution in [2.45, 2.75) is 69.3 Å².